The first-order chi connectivity index (χ1) is 14.2. The Morgan fingerprint density at radius 3 is 2.79 bits per heavy atom. The minimum atomic E-state index is 0.118. The molecule has 5 nitrogen and oxygen atoms in total. The van der Waals surface area contributed by atoms with Gasteiger partial charge in [0.15, 0.2) is 5.96 Å². The van der Waals surface area contributed by atoms with Gasteiger partial charge < -0.3 is 15.4 Å². The summed E-state index contributed by atoms with van der Waals surface area (Å²) >= 11 is 0. The Labute approximate surface area is 173 Å². The summed E-state index contributed by atoms with van der Waals surface area (Å²) in [5.74, 6) is 1.19. The lowest BCUT2D eigenvalue weighted by Gasteiger charge is -2.32. The minimum Gasteiger partial charge on any atom is -0.373 e. The largest absolute Gasteiger partial charge is 0.373 e. The number of aryl methyl sites for hydroxylation is 1. The fourth-order valence-corrected chi connectivity index (χ4v) is 3.66. The van der Waals surface area contributed by atoms with E-state index in [9.17, 15) is 0 Å². The molecule has 1 aliphatic rings. The molecule has 0 radical (unpaired) electrons. The van der Waals surface area contributed by atoms with Gasteiger partial charge in [0.2, 0.25) is 0 Å². The second kappa shape index (κ2) is 10.6. The van der Waals surface area contributed by atoms with E-state index >= 15 is 0 Å². The molecule has 0 bridgehead atoms. The number of guanidine groups is 1. The maximum absolute atomic E-state index is 9.06. The molecular formula is C24H30N4O. The van der Waals surface area contributed by atoms with Crippen LogP contribution in [0.1, 0.15) is 48.1 Å². The van der Waals surface area contributed by atoms with Gasteiger partial charge in [0.05, 0.1) is 24.3 Å². The molecule has 1 aliphatic heterocycles. The molecule has 1 fully saturated rings. The number of ether oxygens (including phenoxy) is 1. The predicted molar refractivity (Wildman–Crippen MR) is 117 cm³/mol. The fraction of sp³-hybridized carbons (Fsp3) is 0.417. The molecule has 2 aromatic carbocycles. The zero-order chi connectivity index (χ0) is 20.5. The van der Waals surface area contributed by atoms with Gasteiger partial charge in [-0.15, -0.1) is 0 Å². The molecule has 1 heterocycles. The average Bonchev–Trinajstić information content (AvgIpc) is 2.76. The average molecular weight is 391 g/mol. The van der Waals surface area contributed by atoms with Crippen molar-refractivity contribution in [2.75, 3.05) is 19.7 Å². The van der Waals surface area contributed by atoms with Gasteiger partial charge in [-0.2, -0.15) is 5.26 Å². The van der Waals surface area contributed by atoms with E-state index in [4.69, 9.17) is 15.0 Å². The number of benzene rings is 2. The molecule has 0 spiro atoms. The Bertz CT molecular complexity index is 854. The van der Waals surface area contributed by atoms with Gasteiger partial charge in [-0.25, -0.2) is 4.99 Å². The first kappa shape index (κ1) is 20.9. The van der Waals surface area contributed by atoms with Crippen molar-refractivity contribution in [2.24, 2.45) is 10.9 Å². The van der Waals surface area contributed by atoms with E-state index in [1.807, 2.05) is 24.3 Å². The molecule has 0 aliphatic carbocycles. The molecule has 1 saturated heterocycles. The zero-order valence-electron chi connectivity index (χ0n) is 17.3. The molecule has 2 aromatic rings. The summed E-state index contributed by atoms with van der Waals surface area (Å²) < 4.78 is 6.13. The van der Waals surface area contributed by atoms with Crippen LogP contribution in [-0.2, 0) is 11.3 Å². The second-order valence-corrected chi connectivity index (χ2v) is 7.49. The molecule has 152 valence electrons. The number of hydrogen-bond acceptors (Lipinski definition) is 3. The summed E-state index contributed by atoms with van der Waals surface area (Å²) in [6.45, 7) is 7.13. The highest BCUT2D eigenvalue weighted by molar-refractivity contribution is 5.79. The molecule has 3 rings (SSSR count). The number of nitriles is 1. The monoisotopic (exact) mass is 390 g/mol. The van der Waals surface area contributed by atoms with Crippen molar-refractivity contribution in [1.82, 2.24) is 10.6 Å². The van der Waals surface area contributed by atoms with Gasteiger partial charge in [0.25, 0.3) is 0 Å². The van der Waals surface area contributed by atoms with Crippen LogP contribution in [0.4, 0.5) is 0 Å². The van der Waals surface area contributed by atoms with Gasteiger partial charge in [-0.1, -0.05) is 42.0 Å². The normalized spacial score (nSPS) is 19.4. The Hall–Kier alpha value is -2.84. The molecule has 0 amide bonds. The van der Waals surface area contributed by atoms with Crippen LogP contribution in [0.15, 0.2) is 53.5 Å². The fourth-order valence-electron chi connectivity index (χ4n) is 3.66. The third-order valence-electron chi connectivity index (χ3n) is 5.20. The number of nitrogens with zero attached hydrogens (tertiary/aromatic N) is 2. The van der Waals surface area contributed by atoms with E-state index in [0.717, 1.165) is 44.1 Å². The van der Waals surface area contributed by atoms with Crippen molar-refractivity contribution < 1.29 is 4.74 Å². The predicted octanol–water partition coefficient (Wildman–Crippen LogP) is 4.09. The van der Waals surface area contributed by atoms with E-state index in [1.165, 1.54) is 11.1 Å². The Balaban J connectivity index is 1.64. The van der Waals surface area contributed by atoms with Crippen molar-refractivity contribution in [3.63, 3.8) is 0 Å². The molecule has 0 saturated carbocycles. The molecule has 29 heavy (non-hydrogen) atoms. The van der Waals surface area contributed by atoms with Crippen molar-refractivity contribution in [3.8, 4) is 6.07 Å². The van der Waals surface area contributed by atoms with Crippen LogP contribution in [0, 0.1) is 24.2 Å². The van der Waals surface area contributed by atoms with Crippen molar-refractivity contribution in [2.45, 2.75) is 39.3 Å². The van der Waals surface area contributed by atoms with Crippen LogP contribution < -0.4 is 10.6 Å². The van der Waals surface area contributed by atoms with E-state index in [1.54, 1.807) is 0 Å². The summed E-state index contributed by atoms with van der Waals surface area (Å²) in [5.41, 5.74) is 4.20. The lowest BCUT2D eigenvalue weighted by Crippen LogP contribution is -2.42. The number of rotatable bonds is 6. The van der Waals surface area contributed by atoms with E-state index in [-0.39, 0.29) is 6.10 Å². The van der Waals surface area contributed by atoms with Crippen LogP contribution in [-0.4, -0.2) is 25.7 Å². The molecule has 2 N–H and O–H groups in total. The Morgan fingerprint density at radius 1 is 1.21 bits per heavy atom. The Morgan fingerprint density at radius 2 is 2.03 bits per heavy atom. The van der Waals surface area contributed by atoms with Crippen molar-refractivity contribution in [3.05, 3.63) is 70.8 Å². The highest BCUT2D eigenvalue weighted by Gasteiger charge is 2.27. The van der Waals surface area contributed by atoms with Gasteiger partial charge >= 0.3 is 0 Å². The molecule has 2 atom stereocenters. The van der Waals surface area contributed by atoms with Crippen molar-refractivity contribution in [1.29, 1.82) is 5.26 Å². The second-order valence-electron chi connectivity index (χ2n) is 7.49. The standard InChI is InChI=1S/C24H30N4O/c1-3-26-24(27-16-20-7-4-6-19(14-20)15-25)28-17-22-8-5-13-29-23(22)21-11-9-18(2)10-12-21/h4,6-7,9-12,14,22-23H,3,5,8,13,16-17H2,1-2H3,(H2,26,27,28). The quantitative estimate of drug-likeness (QED) is 0.576. The van der Waals surface area contributed by atoms with Crippen LogP contribution in [0.3, 0.4) is 0 Å². The lowest BCUT2D eigenvalue weighted by molar-refractivity contribution is -0.0265. The van der Waals surface area contributed by atoms with Crippen molar-refractivity contribution >= 4 is 5.96 Å². The van der Waals surface area contributed by atoms with Crippen LogP contribution in [0.25, 0.3) is 0 Å². The number of aliphatic imine (C=N–C) groups is 1. The maximum atomic E-state index is 9.06. The maximum Gasteiger partial charge on any atom is 0.191 e. The van der Waals surface area contributed by atoms with E-state index < -0.39 is 0 Å². The molecule has 0 aromatic heterocycles. The number of nitrogens with one attached hydrogen (secondary N) is 2. The first-order valence-corrected chi connectivity index (χ1v) is 10.4. The lowest BCUT2D eigenvalue weighted by atomic mass is 9.89. The van der Waals surface area contributed by atoms with Crippen LogP contribution in [0.5, 0.6) is 0 Å². The first-order valence-electron chi connectivity index (χ1n) is 10.4. The highest BCUT2D eigenvalue weighted by atomic mass is 16.5. The molecular weight excluding hydrogens is 360 g/mol. The molecule has 2 unspecified atom stereocenters. The smallest absolute Gasteiger partial charge is 0.191 e. The molecule has 5 heteroatoms. The zero-order valence-corrected chi connectivity index (χ0v) is 17.3. The summed E-state index contributed by atoms with van der Waals surface area (Å²) in [5, 5.41) is 15.9. The highest BCUT2D eigenvalue weighted by Crippen LogP contribution is 2.33. The minimum absolute atomic E-state index is 0.118. The third kappa shape index (κ3) is 6.07. The summed E-state index contributed by atoms with van der Waals surface area (Å²) in [4.78, 5) is 4.70. The topological polar surface area (TPSA) is 69.4 Å². The summed E-state index contributed by atoms with van der Waals surface area (Å²) in [7, 11) is 0. The van der Waals surface area contributed by atoms with E-state index in [2.05, 4.69) is 54.8 Å². The Kier molecular flexibility index (Phi) is 7.66. The van der Waals surface area contributed by atoms with Gasteiger partial charge in [0, 0.05) is 25.6 Å². The van der Waals surface area contributed by atoms with Gasteiger partial charge in [0.1, 0.15) is 0 Å². The van der Waals surface area contributed by atoms with Gasteiger partial charge in [-0.05, 0) is 49.9 Å². The van der Waals surface area contributed by atoms with E-state index in [0.29, 0.717) is 18.0 Å². The summed E-state index contributed by atoms with van der Waals surface area (Å²) in [6, 6.07) is 18.4. The SMILES string of the molecule is CCNC(=NCc1cccc(C#N)c1)NCC1CCCOC1c1ccc(C)cc1. The third-order valence-corrected chi connectivity index (χ3v) is 5.20. The number of hydrogen-bond donors (Lipinski definition) is 2. The van der Waals surface area contributed by atoms with Gasteiger partial charge in [-0.3, -0.25) is 0 Å². The summed E-state index contributed by atoms with van der Waals surface area (Å²) in [6.07, 6.45) is 2.34. The van der Waals surface area contributed by atoms with Crippen LogP contribution >= 0.6 is 0 Å². The van der Waals surface area contributed by atoms with Crippen LogP contribution in [0.2, 0.25) is 0 Å².